The van der Waals surface area contributed by atoms with Crippen molar-refractivity contribution < 1.29 is 0 Å². The summed E-state index contributed by atoms with van der Waals surface area (Å²) in [5.41, 5.74) is 10.9. The maximum absolute atomic E-state index is 6.12. The number of nitrogen functional groups attached to an aromatic ring is 1. The Morgan fingerprint density at radius 1 is 1.41 bits per heavy atom. The van der Waals surface area contributed by atoms with E-state index in [0.29, 0.717) is 0 Å². The quantitative estimate of drug-likeness (QED) is 0.812. The number of hydrogen-bond acceptors (Lipinski definition) is 4. The van der Waals surface area contributed by atoms with Crippen molar-refractivity contribution in [1.29, 1.82) is 0 Å². The number of nitrogens with zero attached hydrogens (tertiary/aromatic N) is 1. The Kier molecular flexibility index (Phi) is 3.24. The summed E-state index contributed by atoms with van der Waals surface area (Å²) >= 11 is 1.62. The standard InChI is InChI=1S/C13H19N3S/c1-4-13(2,3)7-15-9-5-6-10-12(11(9)14)16-8-17-10/h5-6,8,15H,4,7,14H2,1-3H3. The van der Waals surface area contributed by atoms with Crippen LogP contribution in [-0.4, -0.2) is 11.5 Å². The molecule has 0 atom stereocenters. The van der Waals surface area contributed by atoms with Gasteiger partial charge in [0.2, 0.25) is 0 Å². The zero-order valence-corrected chi connectivity index (χ0v) is 11.4. The van der Waals surface area contributed by atoms with Crippen LogP contribution < -0.4 is 11.1 Å². The van der Waals surface area contributed by atoms with Crippen LogP contribution in [-0.2, 0) is 0 Å². The molecule has 0 spiro atoms. The first-order chi connectivity index (χ1) is 8.03. The van der Waals surface area contributed by atoms with Gasteiger partial charge in [0.15, 0.2) is 0 Å². The van der Waals surface area contributed by atoms with Gasteiger partial charge in [-0.1, -0.05) is 20.8 Å². The van der Waals surface area contributed by atoms with E-state index in [1.165, 1.54) is 0 Å². The van der Waals surface area contributed by atoms with Crippen LogP contribution in [0.5, 0.6) is 0 Å². The molecule has 0 aliphatic carbocycles. The number of anilines is 2. The molecule has 2 rings (SSSR count). The first-order valence-electron chi connectivity index (χ1n) is 5.89. The highest BCUT2D eigenvalue weighted by Crippen LogP contribution is 2.31. The molecule has 0 aliphatic rings. The fraction of sp³-hybridized carbons (Fsp3) is 0.462. The Balaban J connectivity index is 2.21. The van der Waals surface area contributed by atoms with Gasteiger partial charge in [-0.3, -0.25) is 0 Å². The number of nitrogens with one attached hydrogen (secondary N) is 1. The minimum absolute atomic E-state index is 0.281. The summed E-state index contributed by atoms with van der Waals surface area (Å²) in [7, 11) is 0. The van der Waals surface area contributed by atoms with E-state index in [-0.39, 0.29) is 5.41 Å². The van der Waals surface area contributed by atoms with Gasteiger partial charge in [-0.15, -0.1) is 11.3 Å². The molecule has 0 saturated heterocycles. The molecule has 3 N–H and O–H groups in total. The van der Waals surface area contributed by atoms with E-state index in [9.17, 15) is 0 Å². The number of nitrogens with two attached hydrogens (primary N) is 1. The first kappa shape index (κ1) is 12.2. The minimum atomic E-state index is 0.281. The van der Waals surface area contributed by atoms with E-state index in [2.05, 4.69) is 37.1 Å². The maximum atomic E-state index is 6.12. The van der Waals surface area contributed by atoms with E-state index in [4.69, 9.17) is 5.73 Å². The summed E-state index contributed by atoms with van der Waals surface area (Å²) in [6, 6.07) is 4.12. The highest BCUT2D eigenvalue weighted by molar-refractivity contribution is 7.16. The summed E-state index contributed by atoms with van der Waals surface area (Å²) in [4.78, 5) is 4.30. The van der Waals surface area contributed by atoms with Crippen molar-refractivity contribution in [3.05, 3.63) is 17.6 Å². The molecule has 17 heavy (non-hydrogen) atoms. The molecule has 3 nitrogen and oxygen atoms in total. The first-order valence-corrected chi connectivity index (χ1v) is 6.77. The van der Waals surface area contributed by atoms with Gasteiger partial charge < -0.3 is 11.1 Å². The van der Waals surface area contributed by atoms with Crippen LogP contribution in [0.1, 0.15) is 27.2 Å². The van der Waals surface area contributed by atoms with Crippen LogP contribution in [0, 0.1) is 5.41 Å². The molecule has 0 unspecified atom stereocenters. The summed E-state index contributed by atoms with van der Waals surface area (Å²) in [6.07, 6.45) is 1.14. The van der Waals surface area contributed by atoms with Crippen molar-refractivity contribution in [3.8, 4) is 0 Å². The lowest BCUT2D eigenvalue weighted by molar-refractivity contribution is 0.377. The van der Waals surface area contributed by atoms with Gasteiger partial charge in [0.1, 0.15) is 5.52 Å². The van der Waals surface area contributed by atoms with Gasteiger partial charge in [0.25, 0.3) is 0 Å². The van der Waals surface area contributed by atoms with Gasteiger partial charge in [-0.2, -0.15) is 0 Å². The van der Waals surface area contributed by atoms with E-state index < -0.39 is 0 Å². The molecule has 1 aromatic heterocycles. The number of hydrogen-bond donors (Lipinski definition) is 2. The molecular weight excluding hydrogens is 230 g/mol. The molecule has 4 heteroatoms. The summed E-state index contributed by atoms with van der Waals surface area (Å²) in [6.45, 7) is 7.62. The summed E-state index contributed by atoms with van der Waals surface area (Å²) in [5, 5.41) is 3.43. The molecule has 1 aromatic carbocycles. The normalized spacial score (nSPS) is 11.9. The summed E-state index contributed by atoms with van der Waals surface area (Å²) in [5.74, 6) is 0. The zero-order valence-electron chi connectivity index (χ0n) is 10.6. The lowest BCUT2D eigenvalue weighted by atomic mass is 9.90. The van der Waals surface area contributed by atoms with Crippen molar-refractivity contribution in [2.45, 2.75) is 27.2 Å². The topological polar surface area (TPSA) is 50.9 Å². The Morgan fingerprint density at radius 3 is 2.88 bits per heavy atom. The maximum Gasteiger partial charge on any atom is 0.106 e. The highest BCUT2D eigenvalue weighted by Gasteiger charge is 2.15. The largest absolute Gasteiger partial charge is 0.395 e. The number of benzene rings is 1. The highest BCUT2D eigenvalue weighted by atomic mass is 32.1. The Morgan fingerprint density at radius 2 is 2.18 bits per heavy atom. The molecule has 0 aliphatic heterocycles. The van der Waals surface area contributed by atoms with Crippen molar-refractivity contribution >= 4 is 32.9 Å². The van der Waals surface area contributed by atoms with Crippen molar-refractivity contribution in [3.63, 3.8) is 0 Å². The average Bonchev–Trinajstić information content (AvgIpc) is 2.77. The van der Waals surface area contributed by atoms with Gasteiger partial charge in [0, 0.05) is 6.54 Å². The van der Waals surface area contributed by atoms with Crippen LogP contribution in [0.2, 0.25) is 0 Å². The zero-order chi connectivity index (χ0) is 12.5. The predicted octanol–water partition coefficient (Wildman–Crippen LogP) is 3.73. The molecule has 0 bridgehead atoms. The van der Waals surface area contributed by atoms with Crippen molar-refractivity contribution in [2.75, 3.05) is 17.6 Å². The molecule has 0 radical (unpaired) electrons. The predicted molar refractivity (Wildman–Crippen MR) is 76.6 cm³/mol. The Labute approximate surface area is 106 Å². The summed E-state index contributed by atoms with van der Waals surface area (Å²) < 4.78 is 1.14. The van der Waals surface area contributed by atoms with Crippen LogP contribution in [0.25, 0.3) is 10.2 Å². The molecule has 1 heterocycles. The van der Waals surface area contributed by atoms with E-state index in [1.807, 2.05) is 11.6 Å². The van der Waals surface area contributed by atoms with Gasteiger partial charge in [-0.05, 0) is 24.0 Å². The SMILES string of the molecule is CCC(C)(C)CNc1ccc2scnc2c1N. The number of aromatic nitrogens is 1. The van der Waals surface area contributed by atoms with Crippen molar-refractivity contribution in [1.82, 2.24) is 4.98 Å². The van der Waals surface area contributed by atoms with Gasteiger partial charge >= 0.3 is 0 Å². The fourth-order valence-corrected chi connectivity index (χ4v) is 2.26. The molecule has 92 valence electrons. The number of fused-ring (bicyclic) bond motifs is 1. The third-order valence-corrected chi connectivity index (χ3v) is 4.05. The van der Waals surface area contributed by atoms with Crippen molar-refractivity contribution in [2.24, 2.45) is 5.41 Å². The molecule has 0 fully saturated rings. The lowest BCUT2D eigenvalue weighted by Gasteiger charge is -2.24. The number of rotatable bonds is 4. The van der Waals surface area contributed by atoms with Gasteiger partial charge in [0.05, 0.1) is 21.6 Å². The lowest BCUT2D eigenvalue weighted by Crippen LogP contribution is -2.22. The monoisotopic (exact) mass is 249 g/mol. The molecular formula is C13H19N3S. The third kappa shape index (κ3) is 2.52. The van der Waals surface area contributed by atoms with Crippen LogP contribution >= 0.6 is 11.3 Å². The van der Waals surface area contributed by atoms with Crippen LogP contribution in [0.4, 0.5) is 11.4 Å². The second kappa shape index (κ2) is 4.53. The van der Waals surface area contributed by atoms with Crippen LogP contribution in [0.3, 0.4) is 0 Å². The molecule has 0 amide bonds. The fourth-order valence-electron chi connectivity index (χ4n) is 1.57. The second-order valence-electron chi connectivity index (χ2n) is 5.10. The second-order valence-corrected chi connectivity index (χ2v) is 5.98. The van der Waals surface area contributed by atoms with Gasteiger partial charge in [-0.25, -0.2) is 4.98 Å². The third-order valence-electron chi connectivity index (χ3n) is 3.26. The number of thiazole rings is 1. The smallest absolute Gasteiger partial charge is 0.106 e. The van der Waals surface area contributed by atoms with E-state index >= 15 is 0 Å². The average molecular weight is 249 g/mol. The molecule has 2 aromatic rings. The van der Waals surface area contributed by atoms with Crippen LogP contribution in [0.15, 0.2) is 17.6 Å². The van der Waals surface area contributed by atoms with E-state index in [1.54, 1.807) is 11.3 Å². The molecule has 0 saturated carbocycles. The Bertz CT molecular complexity index is 516. The Hall–Kier alpha value is -1.29. The van der Waals surface area contributed by atoms with E-state index in [0.717, 1.165) is 34.6 Å². The minimum Gasteiger partial charge on any atom is -0.395 e.